The molecule has 0 aromatic rings. The van der Waals surface area contributed by atoms with Crippen LogP contribution in [0.25, 0.3) is 0 Å². The Morgan fingerprint density at radius 3 is 1.04 bits per heavy atom. The predicted molar refractivity (Wildman–Crippen MR) is 184 cm³/mol. The fourth-order valence-electron chi connectivity index (χ4n) is 6.58. The summed E-state index contributed by atoms with van der Waals surface area (Å²) in [4.78, 5) is 73.0. The summed E-state index contributed by atoms with van der Waals surface area (Å²) in [5.74, 6) is -16.6. The number of unbranched alkanes of at least 4 members (excludes halogenated alkanes) is 10. The molecule has 56 heavy (non-hydrogen) atoms. The van der Waals surface area contributed by atoms with E-state index < -0.39 is 112 Å². The molecule has 2 aliphatic carbocycles. The second-order valence-electron chi connectivity index (χ2n) is 13.8. The third-order valence-corrected chi connectivity index (χ3v) is 12.9. The number of allylic oxidation sites excluding steroid dienone is 2. The van der Waals surface area contributed by atoms with Gasteiger partial charge in [0.25, 0.3) is 20.2 Å². The summed E-state index contributed by atoms with van der Waals surface area (Å²) >= 11 is 0. The number of carboxylic acids is 2. The number of hydrogen-bond donors (Lipinski definition) is 6. The van der Waals surface area contributed by atoms with E-state index in [1.165, 1.54) is 0 Å². The first-order valence-electron chi connectivity index (χ1n) is 17.5. The van der Waals surface area contributed by atoms with Crippen LogP contribution in [0.1, 0.15) is 130 Å². The fraction of sp³-hybridized carbons (Fsp3) is 0.706. The van der Waals surface area contributed by atoms with Gasteiger partial charge in [0.2, 0.25) is 9.49 Å². The van der Waals surface area contributed by atoms with E-state index in [-0.39, 0.29) is 72.0 Å². The first kappa shape index (κ1) is 56.9. The van der Waals surface area contributed by atoms with Gasteiger partial charge in [0.05, 0.1) is 11.9 Å². The van der Waals surface area contributed by atoms with Gasteiger partial charge in [-0.1, -0.05) is 78.1 Å². The van der Waals surface area contributed by atoms with Gasteiger partial charge in [-0.15, -0.1) is 0 Å². The summed E-state index contributed by atoms with van der Waals surface area (Å²) in [6.07, 6.45) is 7.19. The number of carbonyl (C=O) groups is 6. The molecule has 0 heterocycles. The second kappa shape index (κ2) is 22.9. The molecular formula is C34H50Na2O18S2. The van der Waals surface area contributed by atoms with Crippen molar-refractivity contribution in [3.8, 4) is 0 Å². The number of aliphatic carboxylic acids is 2. The summed E-state index contributed by atoms with van der Waals surface area (Å²) in [5, 5.41) is 62.1. The molecule has 0 aliphatic heterocycles. The Kier molecular flexibility index (Phi) is 23.3. The van der Waals surface area contributed by atoms with E-state index in [4.69, 9.17) is 0 Å². The quantitative estimate of drug-likeness (QED) is 0.0218. The molecule has 308 valence electrons. The van der Waals surface area contributed by atoms with Gasteiger partial charge in [-0.3, -0.25) is 28.3 Å². The van der Waals surface area contributed by atoms with Crippen LogP contribution in [0.4, 0.5) is 0 Å². The minimum Gasteiger partial charge on any atom is -0.545 e. The number of ketones is 4. The number of aliphatic hydroxyl groups is 4. The molecule has 0 saturated carbocycles. The topological polar surface area (TPSA) is 338 Å². The van der Waals surface area contributed by atoms with Crippen LogP contribution in [-0.4, -0.2) is 103 Å². The molecule has 18 nitrogen and oxygen atoms in total. The molecule has 0 amide bonds. The van der Waals surface area contributed by atoms with E-state index in [0.29, 0.717) is 39.5 Å². The van der Waals surface area contributed by atoms with Gasteiger partial charge in [0.15, 0.2) is 34.7 Å². The van der Waals surface area contributed by atoms with E-state index in [2.05, 4.69) is 0 Å². The Labute approximate surface area is 370 Å². The Bertz CT molecular complexity index is 1630. The van der Waals surface area contributed by atoms with Crippen molar-refractivity contribution in [3.63, 3.8) is 0 Å². The van der Waals surface area contributed by atoms with E-state index in [9.17, 15) is 85.3 Å². The molecule has 6 N–H and O–H groups in total. The minimum atomic E-state index is -5.55. The summed E-state index contributed by atoms with van der Waals surface area (Å²) in [6.45, 7) is 5.05. The normalized spacial score (nSPS) is 20.9. The zero-order valence-electron chi connectivity index (χ0n) is 32.7. The summed E-state index contributed by atoms with van der Waals surface area (Å²) in [5.41, 5.74) is -3.29. The van der Waals surface area contributed by atoms with Crippen LogP contribution in [0.3, 0.4) is 0 Å². The van der Waals surface area contributed by atoms with Crippen molar-refractivity contribution < 1.29 is 144 Å². The summed E-state index contributed by atoms with van der Waals surface area (Å²) < 4.78 is 59.1. The average Bonchev–Trinajstić information content (AvgIpc) is 3.00. The molecule has 22 heteroatoms. The number of carboxylic acid groups (broad SMARTS) is 2. The van der Waals surface area contributed by atoms with Crippen LogP contribution < -0.4 is 69.3 Å². The molecule has 2 unspecified atom stereocenters. The molecule has 2 aliphatic rings. The van der Waals surface area contributed by atoms with Crippen molar-refractivity contribution in [3.05, 3.63) is 22.3 Å². The molecule has 0 saturated heterocycles. The Balaban J connectivity index is 0. The Hall–Kier alpha value is -1.24. The summed E-state index contributed by atoms with van der Waals surface area (Å²) in [6, 6.07) is 0. The maximum atomic E-state index is 12.6. The molecule has 0 aromatic heterocycles. The Morgan fingerprint density at radius 1 is 0.571 bits per heavy atom. The van der Waals surface area contributed by atoms with Crippen molar-refractivity contribution in [1.29, 1.82) is 0 Å². The van der Waals surface area contributed by atoms with Crippen LogP contribution in [0, 0.1) is 0 Å². The maximum absolute atomic E-state index is 12.6. The van der Waals surface area contributed by atoms with Crippen LogP contribution in [0.15, 0.2) is 22.3 Å². The molecule has 2 rings (SSSR count). The maximum Gasteiger partial charge on any atom is 1.00 e. The molecule has 0 radical (unpaired) electrons. The van der Waals surface area contributed by atoms with E-state index in [0.717, 1.165) is 51.4 Å². The average molecular weight is 857 g/mol. The molecule has 2 atom stereocenters. The van der Waals surface area contributed by atoms with Crippen LogP contribution in [0.2, 0.25) is 0 Å². The van der Waals surface area contributed by atoms with Crippen molar-refractivity contribution in [2.24, 2.45) is 0 Å². The van der Waals surface area contributed by atoms with Crippen molar-refractivity contribution >= 4 is 55.3 Å². The van der Waals surface area contributed by atoms with Gasteiger partial charge < -0.3 is 40.2 Å². The largest absolute Gasteiger partial charge is 1.00 e. The molecule has 0 spiro atoms. The third kappa shape index (κ3) is 12.9. The van der Waals surface area contributed by atoms with Gasteiger partial charge in [-0.25, -0.2) is 0 Å². The number of Topliss-reactive ketones (excluding diaryl/α,β-unsaturated/α-hetero) is 4. The number of carbonyl (C=O) groups excluding carboxylic acids is 6. The SMILES string of the molecule is CCCCCCCCC1=C(C(=O)[O-])C(=O)C(C(C)(O)O)(S(=O)(=O)O)CC1=O.CCCCCCCCC1=C(C(=O)[O-])C(=O)C(C(C)(O)O)(S(=O)(=O)O)CC1=O.[Na+].[Na+]. The summed E-state index contributed by atoms with van der Waals surface area (Å²) in [7, 11) is -11.1. The standard InChI is InChI=1S/2C17H26O9S.2Na/c2*1-3-4-5-6-7-8-9-11-12(18)10-17(16(2,22)23,27(24,25)26)14(19)13(11)15(20)21;;/h2*22-23H,3-10H2,1-2H3,(H,20,21)(H,24,25,26);;/q;;2*+1/p-2. The van der Waals surface area contributed by atoms with Crippen molar-refractivity contribution in [1.82, 2.24) is 0 Å². The predicted octanol–water partition coefficient (Wildman–Crippen LogP) is -6.69. The minimum absolute atomic E-state index is 0. The van der Waals surface area contributed by atoms with Gasteiger partial charge in [-0.2, -0.15) is 16.8 Å². The van der Waals surface area contributed by atoms with E-state index in [1.807, 2.05) is 13.8 Å². The first-order chi connectivity index (χ1) is 24.6. The molecule has 0 aromatic carbocycles. The van der Waals surface area contributed by atoms with Crippen LogP contribution >= 0.6 is 0 Å². The van der Waals surface area contributed by atoms with Crippen LogP contribution in [0.5, 0.6) is 0 Å². The molecular weight excluding hydrogens is 806 g/mol. The van der Waals surface area contributed by atoms with E-state index >= 15 is 0 Å². The van der Waals surface area contributed by atoms with Gasteiger partial charge in [-0.05, 0) is 39.5 Å². The van der Waals surface area contributed by atoms with Gasteiger partial charge in [0.1, 0.15) is 0 Å². The van der Waals surface area contributed by atoms with Crippen molar-refractivity contribution in [2.75, 3.05) is 0 Å². The third-order valence-electron chi connectivity index (χ3n) is 9.66. The fourth-order valence-corrected chi connectivity index (χ4v) is 8.86. The number of hydrogen-bond acceptors (Lipinski definition) is 16. The zero-order chi connectivity index (χ0) is 42.1. The van der Waals surface area contributed by atoms with E-state index in [1.54, 1.807) is 0 Å². The van der Waals surface area contributed by atoms with Crippen LogP contribution in [-0.2, 0) is 49.0 Å². The Morgan fingerprint density at radius 2 is 0.821 bits per heavy atom. The molecule has 0 bridgehead atoms. The van der Waals surface area contributed by atoms with Gasteiger partial charge >= 0.3 is 59.1 Å². The molecule has 0 fully saturated rings. The zero-order valence-corrected chi connectivity index (χ0v) is 38.3. The number of rotatable bonds is 20. The van der Waals surface area contributed by atoms with Crippen molar-refractivity contribution in [2.45, 2.75) is 151 Å². The smallest absolute Gasteiger partial charge is 0.545 e. The second-order valence-corrected chi connectivity index (χ2v) is 17.1. The first-order valence-corrected chi connectivity index (χ1v) is 20.4. The van der Waals surface area contributed by atoms with Gasteiger partial charge in [0, 0.05) is 35.1 Å². The monoisotopic (exact) mass is 856 g/mol.